The van der Waals surface area contributed by atoms with Gasteiger partial charge in [0.05, 0.1) is 10.2 Å². The first kappa shape index (κ1) is 14.5. The summed E-state index contributed by atoms with van der Waals surface area (Å²) < 4.78 is 0.998. The molecule has 3 aromatic rings. The summed E-state index contributed by atoms with van der Waals surface area (Å²) in [6.07, 6.45) is 2.00. The van der Waals surface area contributed by atoms with Gasteiger partial charge in [0.1, 0.15) is 5.69 Å². The van der Waals surface area contributed by atoms with E-state index in [0.29, 0.717) is 23.0 Å². The number of amides is 1. The molecule has 1 aliphatic rings. The molecule has 23 heavy (non-hydrogen) atoms. The number of carbonyl (C=O) groups is 1. The number of aromatic nitrogens is 3. The molecule has 2 N–H and O–H groups in total. The molecule has 3 aromatic heterocycles. The van der Waals surface area contributed by atoms with Gasteiger partial charge >= 0.3 is 0 Å². The maximum Gasteiger partial charge on any atom is 0.273 e. The monoisotopic (exact) mass is 345 g/mol. The van der Waals surface area contributed by atoms with Gasteiger partial charge in [0.25, 0.3) is 5.91 Å². The fourth-order valence-corrected chi connectivity index (χ4v) is 4.16. The van der Waals surface area contributed by atoms with Gasteiger partial charge in [-0.2, -0.15) is 0 Å². The molecule has 6 nitrogen and oxygen atoms in total. The van der Waals surface area contributed by atoms with E-state index < -0.39 is 0 Å². The van der Waals surface area contributed by atoms with Crippen LogP contribution in [0.1, 0.15) is 34.9 Å². The molecule has 1 amide bonds. The van der Waals surface area contributed by atoms with Crippen LogP contribution in [0, 0.1) is 0 Å². The number of nitrogens with two attached hydrogens (primary N) is 1. The smallest absolute Gasteiger partial charge is 0.273 e. The zero-order valence-electron chi connectivity index (χ0n) is 12.3. The topological polar surface area (TPSA) is 85.0 Å². The second-order valence-corrected chi connectivity index (χ2v) is 7.35. The van der Waals surface area contributed by atoms with Crippen LogP contribution in [0.3, 0.4) is 0 Å². The lowest BCUT2D eigenvalue weighted by Crippen LogP contribution is -2.39. The third-order valence-corrected chi connectivity index (χ3v) is 5.50. The Kier molecular flexibility index (Phi) is 3.70. The number of anilines is 1. The van der Waals surface area contributed by atoms with E-state index >= 15 is 0 Å². The molecule has 4 rings (SSSR count). The van der Waals surface area contributed by atoms with Crippen molar-refractivity contribution in [3.05, 3.63) is 34.4 Å². The molecule has 0 unspecified atom stereocenters. The van der Waals surface area contributed by atoms with Crippen LogP contribution in [0.15, 0.2) is 23.0 Å². The third-order valence-electron chi connectivity index (χ3n) is 4.07. The van der Waals surface area contributed by atoms with Crippen molar-refractivity contribution in [2.24, 2.45) is 0 Å². The van der Waals surface area contributed by atoms with E-state index in [0.717, 1.165) is 29.8 Å². The number of nitrogen functional groups attached to an aromatic ring is 1. The maximum atomic E-state index is 12.5. The quantitative estimate of drug-likeness (QED) is 0.772. The van der Waals surface area contributed by atoms with Crippen LogP contribution in [0.25, 0.3) is 10.3 Å². The van der Waals surface area contributed by atoms with E-state index in [1.54, 1.807) is 10.9 Å². The Morgan fingerprint density at radius 3 is 3.09 bits per heavy atom. The molecule has 0 aliphatic carbocycles. The predicted octanol–water partition coefficient (Wildman–Crippen LogP) is 2.75. The molecule has 1 aliphatic heterocycles. The summed E-state index contributed by atoms with van der Waals surface area (Å²) in [6, 6.07) is 4.05. The number of fused-ring (bicyclic) bond motifs is 1. The van der Waals surface area contributed by atoms with Crippen molar-refractivity contribution < 1.29 is 4.79 Å². The lowest BCUT2D eigenvalue weighted by Gasteiger charge is -2.32. The van der Waals surface area contributed by atoms with Gasteiger partial charge in [-0.25, -0.2) is 15.0 Å². The Labute approximate surface area is 141 Å². The zero-order valence-corrected chi connectivity index (χ0v) is 13.9. The van der Waals surface area contributed by atoms with E-state index in [2.05, 4.69) is 15.0 Å². The van der Waals surface area contributed by atoms with Crippen molar-refractivity contribution in [2.75, 3.05) is 18.8 Å². The Balaban J connectivity index is 1.57. The highest BCUT2D eigenvalue weighted by molar-refractivity contribution is 7.21. The molecule has 0 aromatic carbocycles. The fraction of sp³-hybridized carbons (Fsp3) is 0.333. The molecule has 0 saturated carbocycles. The lowest BCUT2D eigenvalue weighted by atomic mass is 9.94. The highest BCUT2D eigenvalue weighted by atomic mass is 32.1. The van der Waals surface area contributed by atoms with Crippen molar-refractivity contribution in [1.82, 2.24) is 19.9 Å². The standard InChI is InChI=1S/C15H15N5OS2/c16-15-19-13-12(23-15)4-3-10(18-13)9-2-1-5-20(6-9)14(21)11-7-22-8-17-11/h3-4,7-9H,1-2,5-6H2,(H2,16,18,19)/t9-/m1/s1. The molecule has 0 bridgehead atoms. The molecule has 118 valence electrons. The molecule has 8 heteroatoms. The second kappa shape index (κ2) is 5.86. The molecular formula is C15H15N5OS2. The number of pyridine rings is 1. The first-order valence-electron chi connectivity index (χ1n) is 7.41. The van der Waals surface area contributed by atoms with Crippen molar-refractivity contribution in [3.63, 3.8) is 0 Å². The van der Waals surface area contributed by atoms with Gasteiger partial charge in [-0.05, 0) is 25.0 Å². The summed E-state index contributed by atoms with van der Waals surface area (Å²) in [5.41, 5.74) is 9.66. The molecular weight excluding hydrogens is 330 g/mol. The van der Waals surface area contributed by atoms with E-state index in [1.165, 1.54) is 22.7 Å². The van der Waals surface area contributed by atoms with E-state index in [1.807, 2.05) is 17.0 Å². The van der Waals surface area contributed by atoms with Gasteiger partial charge in [0.2, 0.25) is 0 Å². The number of thiazole rings is 2. The van der Waals surface area contributed by atoms with E-state index in [9.17, 15) is 4.79 Å². The maximum absolute atomic E-state index is 12.5. The summed E-state index contributed by atoms with van der Waals surface area (Å²) in [5.74, 6) is 0.244. The minimum absolute atomic E-state index is 0.00920. The summed E-state index contributed by atoms with van der Waals surface area (Å²) >= 11 is 2.89. The van der Waals surface area contributed by atoms with Gasteiger partial charge in [-0.1, -0.05) is 11.3 Å². The molecule has 1 atom stereocenters. The van der Waals surface area contributed by atoms with Crippen LogP contribution in [0.5, 0.6) is 0 Å². The zero-order chi connectivity index (χ0) is 15.8. The Morgan fingerprint density at radius 2 is 2.26 bits per heavy atom. The Bertz CT molecular complexity index is 845. The van der Waals surface area contributed by atoms with Crippen molar-refractivity contribution >= 4 is 44.1 Å². The third kappa shape index (κ3) is 2.79. The van der Waals surface area contributed by atoms with Crippen molar-refractivity contribution in [1.29, 1.82) is 0 Å². The van der Waals surface area contributed by atoms with Gasteiger partial charge in [0.15, 0.2) is 10.8 Å². The van der Waals surface area contributed by atoms with E-state index in [4.69, 9.17) is 5.73 Å². The number of hydrogen-bond donors (Lipinski definition) is 1. The number of carbonyl (C=O) groups excluding carboxylic acids is 1. The summed E-state index contributed by atoms with van der Waals surface area (Å²) in [6.45, 7) is 1.45. The highest BCUT2D eigenvalue weighted by Gasteiger charge is 2.27. The summed E-state index contributed by atoms with van der Waals surface area (Å²) in [7, 11) is 0. The molecule has 0 radical (unpaired) electrons. The van der Waals surface area contributed by atoms with Crippen LogP contribution < -0.4 is 5.73 Å². The van der Waals surface area contributed by atoms with Gasteiger partial charge < -0.3 is 10.6 Å². The second-order valence-electron chi connectivity index (χ2n) is 5.57. The lowest BCUT2D eigenvalue weighted by molar-refractivity contribution is 0.0701. The van der Waals surface area contributed by atoms with Crippen LogP contribution in [0.4, 0.5) is 5.13 Å². The molecule has 1 saturated heterocycles. The summed E-state index contributed by atoms with van der Waals surface area (Å²) in [5, 5.41) is 2.34. The van der Waals surface area contributed by atoms with E-state index in [-0.39, 0.29) is 11.8 Å². The first-order chi connectivity index (χ1) is 11.2. The molecule has 0 spiro atoms. The van der Waals surface area contributed by atoms with Crippen molar-refractivity contribution in [3.8, 4) is 0 Å². The highest BCUT2D eigenvalue weighted by Crippen LogP contribution is 2.29. The van der Waals surface area contributed by atoms with Gasteiger partial charge in [0, 0.05) is 30.1 Å². The van der Waals surface area contributed by atoms with Crippen LogP contribution in [0.2, 0.25) is 0 Å². The first-order valence-corrected chi connectivity index (χ1v) is 9.17. The number of nitrogens with zero attached hydrogens (tertiary/aromatic N) is 4. The minimum atomic E-state index is 0.00920. The normalized spacial score (nSPS) is 18.4. The fourth-order valence-electron chi connectivity index (χ4n) is 2.96. The number of piperidine rings is 1. The summed E-state index contributed by atoms with van der Waals surface area (Å²) in [4.78, 5) is 27.4. The largest absolute Gasteiger partial charge is 0.375 e. The number of hydrogen-bond acceptors (Lipinski definition) is 7. The average molecular weight is 345 g/mol. The predicted molar refractivity (Wildman–Crippen MR) is 91.8 cm³/mol. The Morgan fingerprint density at radius 1 is 1.35 bits per heavy atom. The molecule has 1 fully saturated rings. The molecule has 4 heterocycles. The van der Waals surface area contributed by atoms with Crippen LogP contribution in [-0.4, -0.2) is 38.8 Å². The Hall–Kier alpha value is -2.06. The number of rotatable bonds is 2. The van der Waals surface area contributed by atoms with Crippen LogP contribution in [-0.2, 0) is 0 Å². The van der Waals surface area contributed by atoms with Crippen LogP contribution >= 0.6 is 22.7 Å². The van der Waals surface area contributed by atoms with Gasteiger partial charge in [-0.3, -0.25) is 4.79 Å². The number of likely N-dealkylation sites (tertiary alicyclic amines) is 1. The average Bonchev–Trinajstić information content (AvgIpc) is 3.22. The van der Waals surface area contributed by atoms with Gasteiger partial charge in [-0.15, -0.1) is 11.3 Å². The minimum Gasteiger partial charge on any atom is -0.375 e. The SMILES string of the molecule is Nc1nc2nc([C@@H]3CCCN(C(=O)c4cscn4)C3)ccc2s1. The van der Waals surface area contributed by atoms with Crippen molar-refractivity contribution in [2.45, 2.75) is 18.8 Å².